The average Bonchev–Trinajstić information content (AvgIpc) is 2.55. The zero-order valence-electron chi connectivity index (χ0n) is 13.7. The lowest BCUT2D eigenvalue weighted by molar-refractivity contribution is -0.121. The predicted molar refractivity (Wildman–Crippen MR) is 104 cm³/mol. The minimum absolute atomic E-state index is 0.278. The molecule has 0 radical (unpaired) electrons. The number of carbonyl (C=O) groups is 2. The molecule has 4 rings (SSSR count). The van der Waals surface area contributed by atoms with E-state index < -0.39 is 0 Å². The number of carbonyl (C=O) groups excluding carboxylic acids is 2. The fourth-order valence-electron chi connectivity index (χ4n) is 1.77. The van der Waals surface area contributed by atoms with Crippen molar-refractivity contribution in [3.8, 4) is 0 Å². The van der Waals surface area contributed by atoms with Crippen LogP contribution < -0.4 is 10.2 Å². The summed E-state index contributed by atoms with van der Waals surface area (Å²) in [6.07, 6.45) is 3.52. The third kappa shape index (κ3) is 7.01. The lowest BCUT2D eigenvalue weighted by Gasteiger charge is -2.30. The van der Waals surface area contributed by atoms with Gasteiger partial charge in [0.15, 0.2) is 11.6 Å². The molecule has 0 aliphatic carbocycles. The number of rotatable bonds is 1. The molecule has 0 atom stereocenters. The second kappa shape index (κ2) is 9.74. The highest BCUT2D eigenvalue weighted by Crippen LogP contribution is 2.17. The molecule has 2 aliphatic rings. The third-order valence-corrected chi connectivity index (χ3v) is 4.23. The van der Waals surface area contributed by atoms with Crippen LogP contribution in [0.4, 0.5) is 5.82 Å². The van der Waals surface area contributed by atoms with Crippen LogP contribution in [0.25, 0.3) is 0 Å². The Morgan fingerprint density at radius 3 is 1.80 bits per heavy atom. The Morgan fingerprint density at radius 2 is 1.48 bits per heavy atom. The van der Waals surface area contributed by atoms with Gasteiger partial charge in [-0.15, -0.1) is 0 Å². The van der Waals surface area contributed by atoms with Gasteiger partial charge in [-0.2, -0.15) is 0 Å². The maximum Gasteiger partial charge on any atom is 0.171 e. The van der Waals surface area contributed by atoms with Gasteiger partial charge in [-0.05, 0) is 63.0 Å². The van der Waals surface area contributed by atoms with Gasteiger partial charge in [0.1, 0.15) is 5.82 Å². The van der Waals surface area contributed by atoms with Crippen molar-refractivity contribution in [1.82, 2.24) is 15.3 Å². The van der Waals surface area contributed by atoms with E-state index in [0.29, 0.717) is 32.0 Å². The molecule has 2 aromatic heterocycles. The number of Topliss-reactive ketones (excluding diaryl/α,β-unsaturated/α-hetero) is 2. The number of pyridine rings is 2. The van der Waals surface area contributed by atoms with Gasteiger partial charge in [0.2, 0.25) is 0 Å². The average molecular weight is 470 g/mol. The van der Waals surface area contributed by atoms with Gasteiger partial charge in [0.05, 0.1) is 26.2 Å². The fraction of sp³-hybridized carbons (Fsp3) is 0.294. The topological polar surface area (TPSA) is 75.2 Å². The van der Waals surface area contributed by atoms with Crippen LogP contribution in [0.15, 0.2) is 45.6 Å². The van der Waals surface area contributed by atoms with Crippen molar-refractivity contribution in [2.75, 3.05) is 31.1 Å². The maximum absolute atomic E-state index is 10.7. The number of anilines is 1. The highest BCUT2D eigenvalue weighted by Gasteiger charge is 2.24. The molecule has 0 bridgehead atoms. The molecule has 1 N–H and O–H groups in total. The molecule has 6 nitrogen and oxygen atoms in total. The minimum Gasteiger partial charge on any atom is -0.342 e. The van der Waals surface area contributed by atoms with Crippen LogP contribution >= 0.6 is 31.9 Å². The number of hydrogen-bond acceptors (Lipinski definition) is 6. The van der Waals surface area contributed by atoms with E-state index in [4.69, 9.17) is 0 Å². The molecule has 132 valence electrons. The molecule has 0 saturated carbocycles. The van der Waals surface area contributed by atoms with Gasteiger partial charge in [0.25, 0.3) is 0 Å². The molecule has 0 spiro atoms. The van der Waals surface area contributed by atoms with Crippen molar-refractivity contribution < 1.29 is 9.59 Å². The van der Waals surface area contributed by atoms with Crippen molar-refractivity contribution >= 4 is 49.2 Å². The lowest BCUT2D eigenvalue weighted by atomic mass is 10.2. The number of hydrogen-bond donors (Lipinski definition) is 1. The van der Waals surface area contributed by atoms with Crippen LogP contribution in [0.2, 0.25) is 0 Å². The van der Waals surface area contributed by atoms with Gasteiger partial charge in [-0.3, -0.25) is 14.6 Å². The summed E-state index contributed by atoms with van der Waals surface area (Å²) in [6, 6.07) is 7.76. The Kier molecular flexibility index (Phi) is 7.67. The van der Waals surface area contributed by atoms with Crippen molar-refractivity contribution in [3.63, 3.8) is 0 Å². The molecule has 0 amide bonds. The van der Waals surface area contributed by atoms with Crippen molar-refractivity contribution in [1.29, 1.82) is 0 Å². The molecule has 8 heteroatoms. The van der Waals surface area contributed by atoms with Crippen LogP contribution in [0.3, 0.4) is 0 Å². The molecule has 2 saturated heterocycles. The molecular formula is C17H18Br2N4O2. The molecule has 0 aromatic carbocycles. The summed E-state index contributed by atoms with van der Waals surface area (Å²) >= 11 is 6.58. The van der Waals surface area contributed by atoms with E-state index in [9.17, 15) is 9.59 Å². The van der Waals surface area contributed by atoms with E-state index in [0.717, 1.165) is 20.5 Å². The van der Waals surface area contributed by atoms with E-state index in [2.05, 4.69) is 47.1 Å². The third-order valence-electron chi connectivity index (χ3n) is 3.29. The molecule has 25 heavy (non-hydrogen) atoms. The first-order chi connectivity index (χ1) is 11.9. The van der Waals surface area contributed by atoms with Crippen LogP contribution in [0, 0.1) is 6.92 Å². The first-order valence-electron chi connectivity index (χ1n) is 7.63. The van der Waals surface area contributed by atoms with E-state index in [1.165, 1.54) is 0 Å². The molecule has 0 unspecified atom stereocenters. The fourth-order valence-corrected chi connectivity index (χ4v) is 2.24. The first kappa shape index (κ1) is 19.7. The number of halogens is 2. The Balaban J connectivity index is 0.000000149. The molecule has 4 heterocycles. The molecule has 2 aromatic rings. The van der Waals surface area contributed by atoms with E-state index in [-0.39, 0.29) is 5.78 Å². The summed E-state index contributed by atoms with van der Waals surface area (Å²) in [5.74, 6) is 1.47. The zero-order chi connectivity index (χ0) is 18.2. The molecule has 2 aliphatic heterocycles. The summed E-state index contributed by atoms with van der Waals surface area (Å²) in [5.41, 5.74) is 1.05. The van der Waals surface area contributed by atoms with E-state index in [1.54, 1.807) is 12.4 Å². The quantitative estimate of drug-likeness (QED) is 0.691. The maximum atomic E-state index is 10.7. The van der Waals surface area contributed by atoms with E-state index >= 15 is 0 Å². The highest BCUT2D eigenvalue weighted by molar-refractivity contribution is 9.10. The van der Waals surface area contributed by atoms with Crippen molar-refractivity contribution in [2.45, 2.75) is 6.92 Å². The Bertz CT molecular complexity index is 685. The molecule has 2 fully saturated rings. The van der Waals surface area contributed by atoms with Gasteiger partial charge in [-0.25, -0.2) is 4.98 Å². The van der Waals surface area contributed by atoms with Gasteiger partial charge < -0.3 is 10.2 Å². The number of nitrogens with one attached hydrogen (secondary N) is 1. The van der Waals surface area contributed by atoms with Crippen LogP contribution in [0.1, 0.15) is 5.69 Å². The smallest absolute Gasteiger partial charge is 0.171 e. The predicted octanol–water partition coefficient (Wildman–Crippen LogP) is 2.54. The van der Waals surface area contributed by atoms with Gasteiger partial charge in [0, 0.05) is 27.0 Å². The summed E-state index contributed by atoms with van der Waals surface area (Å²) in [5, 5.41) is 2.81. The number of aromatic nitrogens is 2. The monoisotopic (exact) mass is 468 g/mol. The number of aryl methyl sites for hydroxylation is 1. The zero-order valence-corrected chi connectivity index (χ0v) is 16.9. The largest absolute Gasteiger partial charge is 0.342 e. The number of nitrogens with zero attached hydrogens (tertiary/aromatic N) is 3. The summed E-state index contributed by atoms with van der Waals surface area (Å²) in [6.45, 7) is 4.18. The van der Waals surface area contributed by atoms with Crippen LogP contribution in [-0.4, -0.2) is 47.7 Å². The minimum atomic E-state index is 0.278. The standard InChI is InChI=1S/C8H7BrN2O.C6H6BrN.C3H5NO/c9-6-1-2-8(10-3-6)11-4-7(12)5-11;1-5-2-3-6(7)4-8-5;5-3-1-4-2-3/h1-3H,4-5H2;2-4H,1H3;4H,1-2H2. The lowest BCUT2D eigenvalue weighted by Crippen LogP contribution is -2.47. The summed E-state index contributed by atoms with van der Waals surface area (Å²) < 4.78 is 1.99. The Morgan fingerprint density at radius 1 is 0.920 bits per heavy atom. The second-order valence-corrected chi connectivity index (χ2v) is 7.32. The normalized spacial score (nSPS) is 15.1. The summed E-state index contributed by atoms with van der Waals surface area (Å²) in [7, 11) is 0. The van der Waals surface area contributed by atoms with Crippen LogP contribution in [-0.2, 0) is 9.59 Å². The van der Waals surface area contributed by atoms with Gasteiger partial charge >= 0.3 is 0 Å². The Hall–Kier alpha value is -1.64. The molecular weight excluding hydrogens is 452 g/mol. The summed E-state index contributed by atoms with van der Waals surface area (Å²) in [4.78, 5) is 30.6. The number of ketones is 2. The SMILES string of the molecule is Cc1ccc(Br)cn1.O=C1CN(c2ccc(Br)cn2)C1.O=C1CNC1. The van der Waals surface area contributed by atoms with Crippen molar-refractivity contribution in [3.05, 3.63) is 51.3 Å². The first-order valence-corrected chi connectivity index (χ1v) is 9.21. The second-order valence-electron chi connectivity index (χ2n) is 5.49. The highest BCUT2D eigenvalue weighted by atomic mass is 79.9. The van der Waals surface area contributed by atoms with Crippen LogP contribution in [0.5, 0.6) is 0 Å². The van der Waals surface area contributed by atoms with E-state index in [1.807, 2.05) is 36.1 Å². The Labute approximate surface area is 163 Å². The van der Waals surface area contributed by atoms with Gasteiger partial charge in [-0.1, -0.05) is 0 Å². The van der Waals surface area contributed by atoms with Crippen molar-refractivity contribution in [2.24, 2.45) is 0 Å².